The molecule has 0 unspecified atom stereocenters. The molecule has 3 amide bonds. The van der Waals surface area contributed by atoms with Crippen molar-refractivity contribution in [2.45, 2.75) is 6.54 Å². The van der Waals surface area contributed by atoms with Crippen LogP contribution in [0, 0.1) is 11.6 Å². The van der Waals surface area contributed by atoms with Crippen LogP contribution in [0.1, 0.15) is 16.1 Å². The zero-order valence-corrected chi connectivity index (χ0v) is 14.6. The fourth-order valence-corrected chi connectivity index (χ4v) is 2.79. The summed E-state index contributed by atoms with van der Waals surface area (Å²) in [7, 11) is 0. The molecule has 6 nitrogen and oxygen atoms in total. The van der Waals surface area contributed by atoms with Gasteiger partial charge in [-0.2, -0.15) is 0 Å². The molecule has 3 N–H and O–H groups in total. The minimum atomic E-state index is -0.561. The highest BCUT2D eigenvalue weighted by molar-refractivity contribution is 7.14. The lowest BCUT2D eigenvalue weighted by molar-refractivity contribution is 0.0946. The highest BCUT2D eigenvalue weighted by Crippen LogP contribution is 2.16. The molecule has 0 spiro atoms. The summed E-state index contributed by atoms with van der Waals surface area (Å²) in [5.74, 6) is -1.17. The molecule has 1 heterocycles. The van der Waals surface area contributed by atoms with Crippen molar-refractivity contribution >= 4 is 34.1 Å². The third-order valence-electron chi connectivity index (χ3n) is 3.43. The zero-order valence-electron chi connectivity index (χ0n) is 13.8. The van der Waals surface area contributed by atoms with Gasteiger partial charge in [0.15, 0.2) is 5.13 Å². The Labute approximate surface area is 157 Å². The first kappa shape index (κ1) is 18.5. The number of carbonyl (C=O) groups excluding carboxylic acids is 2. The predicted molar refractivity (Wildman–Crippen MR) is 98.7 cm³/mol. The molecule has 0 saturated carbocycles. The van der Waals surface area contributed by atoms with E-state index in [0.717, 1.165) is 16.9 Å². The van der Waals surface area contributed by atoms with E-state index in [-0.39, 0.29) is 23.2 Å². The average molecular weight is 388 g/mol. The molecule has 0 saturated heterocycles. The van der Waals surface area contributed by atoms with Gasteiger partial charge in [0.05, 0.1) is 0 Å². The van der Waals surface area contributed by atoms with Crippen LogP contribution in [0.25, 0.3) is 0 Å². The molecular formula is C18H14F2N4O2S. The van der Waals surface area contributed by atoms with Crippen molar-refractivity contribution in [1.29, 1.82) is 0 Å². The number of aromatic nitrogens is 1. The molecule has 0 aliphatic rings. The van der Waals surface area contributed by atoms with E-state index in [9.17, 15) is 18.4 Å². The second-order valence-electron chi connectivity index (χ2n) is 5.43. The van der Waals surface area contributed by atoms with Crippen LogP contribution < -0.4 is 16.0 Å². The summed E-state index contributed by atoms with van der Waals surface area (Å²) in [5, 5.41) is 9.44. The third-order valence-corrected chi connectivity index (χ3v) is 4.18. The summed E-state index contributed by atoms with van der Waals surface area (Å²) in [6.45, 7) is 0.227. The number of rotatable bonds is 5. The number of nitrogens with one attached hydrogen (secondary N) is 3. The van der Waals surface area contributed by atoms with Crippen LogP contribution in [-0.2, 0) is 6.54 Å². The van der Waals surface area contributed by atoms with E-state index in [2.05, 4.69) is 20.9 Å². The van der Waals surface area contributed by atoms with Crippen molar-refractivity contribution in [1.82, 2.24) is 10.3 Å². The SMILES string of the molecule is O=C(Nc1ccc(F)cc1)Nc1nc(C(=O)NCc2ccc(F)cc2)cs1. The van der Waals surface area contributed by atoms with E-state index in [0.29, 0.717) is 5.69 Å². The molecule has 138 valence electrons. The zero-order chi connectivity index (χ0) is 19.2. The molecular weight excluding hydrogens is 374 g/mol. The summed E-state index contributed by atoms with van der Waals surface area (Å²) < 4.78 is 25.7. The Morgan fingerprint density at radius 3 is 2.22 bits per heavy atom. The van der Waals surface area contributed by atoms with Gasteiger partial charge in [0.2, 0.25) is 0 Å². The van der Waals surface area contributed by atoms with Crippen LogP contribution in [0.3, 0.4) is 0 Å². The van der Waals surface area contributed by atoms with Gasteiger partial charge in [-0.1, -0.05) is 12.1 Å². The second kappa shape index (κ2) is 8.37. The number of hydrogen-bond acceptors (Lipinski definition) is 4. The van der Waals surface area contributed by atoms with Crippen molar-refractivity contribution in [2.75, 3.05) is 10.6 Å². The molecule has 0 aliphatic carbocycles. The van der Waals surface area contributed by atoms with Crippen molar-refractivity contribution in [3.05, 3.63) is 76.8 Å². The van der Waals surface area contributed by atoms with Gasteiger partial charge in [0.25, 0.3) is 5.91 Å². The predicted octanol–water partition coefficient (Wildman–Crippen LogP) is 4.00. The van der Waals surface area contributed by atoms with Gasteiger partial charge in [-0.15, -0.1) is 11.3 Å². The van der Waals surface area contributed by atoms with Crippen LogP contribution in [0.15, 0.2) is 53.9 Å². The van der Waals surface area contributed by atoms with Crippen molar-refractivity contribution in [3.63, 3.8) is 0 Å². The number of thiazole rings is 1. The van der Waals surface area contributed by atoms with Gasteiger partial charge in [-0.25, -0.2) is 18.6 Å². The van der Waals surface area contributed by atoms with Gasteiger partial charge < -0.3 is 10.6 Å². The number of nitrogens with zero attached hydrogens (tertiary/aromatic N) is 1. The maximum absolute atomic E-state index is 12.9. The summed E-state index contributed by atoms with van der Waals surface area (Å²) in [6, 6.07) is 10.5. The normalized spacial score (nSPS) is 10.3. The van der Waals surface area contributed by atoms with E-state index in [1.807, 2.05) is 0 Å². The largest absolute Gasteiger partial charge is 0.347 e. The van der Waals surface area contributed by atoms with Gasteiger partial charge in [-0.05, 0) is 42.0 Å². The van der Waals surface area contributed by atoms with Crippen LogP contribution in [0.5, 0.6) is 0 Å². The van der Waals surface area contributed by atoms with Crippen molar-refractivity contribution in [3.8, 4) is 0 Å². The van der Waals surface area contributed by atoms with Crippen LogP contribution in [0.4, 0.5) is 24.4 Å². The first-order valence-corrected chi connectivity index (χ1v) is 8.69. The quantitative estimate of drug-likeness (QED) is 0.618. The molecule has 27 heavy (non-hydrogen) atoms. The number of carbonyl (C=O) groups is 2. The second-order valence-corrected chi connectivity index (χ2v) is 6.29. The van der Waals surface area contributed by atoms with Crippen molar-refractivity contribution < 1.29 is 18.4 Å². The molecule has 0 aliphatic heterocycles. The maximum atomic E-state index is 12.9. The van der Waals surface area contributed by atoms with E-state index >= 15 is 0 Å². The minimum Gasteiger partial charge on any atom is -0.347 e. The van der Waals surface area contributed by atoms with E-state index < -0.39 is 17.8 Å². The van der Waals surface area contributed by atoms with Gasteiger partial charge >= 0.3 is 6.03 Å². The first-order chi connectivity index (χ1) is 13.0. The third kappa shape index (κ3) is 5.32. The fourth-order valence-electron chi connectivity index (χ4n) is 2.10. The maximum Gasteiger partial charge on any atom is 0.325 e. The summed E-state index contributed by atoms with van der Waals surface area (Å²) in [4.78, 5) is 28.1. The number of halogens is 2. The fraction of sp³-hybridized carbons (Fsp3) is 0.0556. The standard InChI is InChI=1S/C18H14F2N4O2S/c19-12-3-1-11(2-4-12)9-21-16(25)15-10-27-18(23-15)24-17(26)22-14-7-5-13(20)6-8-14/h1-8,10H,9H2,(H,21,25)(H2,22,23,24,26). The Kier molecular flexibility index (Phi) is 5.72. The van der Waals surface area contributed by atoms with Gasteiger partial charge in [0.1, 0.15) is 17.3 Å². The Hall–Kier alpha value is -3.33. The summed E-state index contributed by atoms with van der Waals surface area (Å²) in [6.07, 6.45) is 0. The average Bonchev–Trinajstić information content (AvgIpc) is 3.11. The van der Waals surface area contributed by atoms with E-state index in [1.54, 1.807) is 12.1 Å². The number of benzene rings is 2. The van der Waals surface area contributed by atoms with Crippen LogP contribution in [-0.4, -0.2) is 16.9 Å². The number of hydrogen-bond donors (Lipinski definition) is 3. The lowest BCUT2D eigenvalue weighted by Gasteiger charge is -2.05. The molecule has 3 aromatic rings. The minimum absolute atomic E-state index is 0.152. The van der Waals surface area contributed by atoms with Gasteiger partial charge in [0, 0.05) is 17.6 Å². The lowest BCUT2D eigenvalue weighted by Crippen LogP contribution is -2.23. The molecule has 9 heteroatoms. The topological polar surface area (TPSA) is 83.1 Å². The van der Waals surface area contributed by atoms with E-state index in [4.69, 9.17) is 0 Å². The van der Waals surface area contributed by atoms with E-state index in [1.165, 1.54) is 41.8 Å². The highest BCUT2D eigenvalue weighted by Gasteiger charge is 2.12. The molecule has 0 fully saturated rings. The number of anilines is 2. The Balaban J connectivity index is 1.52. The molecule has 1 aromatic heterocycles. The summed E-state index contributed by atoms with van der Waals surface area (Å²) >= 11 is 1.09. The van der Waals surface area contributed by atoms with Gasteiger partial charge in [-0.3, -0.25) is 10.1 Å². The number of urea groups is 1. The molecule has 0 atom stereocenters. The Morgan fingerprint density at radius 2 is 1.56 bits per heavy atom. The smallest absolute Gasteiger partial charge is 0.325 e. The van der Waals surface area contributed by atoms with Crippen molar-refractivity contribution in [2.24, 2.45) is 0 Å². The monoisotopic (exact) mass is 388 g/mol. The Bertz CT molecular complexity index is 943. The molecule has 2 aromatic carbocycles. The van der Waals surface area contributed by atoms with Crippen LogP contribution in [0.2, 0.25) is 0 Å². The molecule has 0 bridgehead atoms. The highest BCUT2D eigenvalue weighted by atomic mass is 32.1. The summed E-state index contributed by atoms with van der Waals surface area (Å²) in [5.41, 5.74) is 1.32. The number of amides is 3. The Morgan fingerprint density at radius 1 is 0.926 bits per heavy atom. The molecule has 3 rings (SSSR count). The molecule has 0 radical (unpaired) electrons. The first-order valence-electron chi connectivity index (χ1n) is 7.81. The lowest BCUT2D eigenvalue weighted by atomic mass is 10.2. The van der Waals surface area contributed by atoms with Crippen LogP contribution >= 0.6 is 11.3 Å².